The summed E-state index contributed by atoms with van der Waals surface area (Å²) in [5.74, 6) is -1.17. The second kappa shape index (κ2) is 7.53. The van der Waals surface area contributed by atoms with Crippen LogP contribution in [0.25, 0.3) is 10.9 Å². The van der Waals surface area contributed by atoms with Crippen molar-refractivity contribution in [2.24, 2.45) is 0 Å². The first-order valence-corrected chi connectivity index (χ1v) is 11.0. The third-order valence-corrected chi connectivity index (χ3v) is 6.61. The number of nitrogens with zero attached hydrogens (tertiary/aromatic N) is 1. The molecule has 158 valence electrons. The molecular weight excluding hydrogens is 462 g/mol. The van der Waals surface area contributed by atoms with Crippen LogP contribution in [0.15, 0.2) is 53.1 Å². The molecule has 0 saturated heterocycles. The highest BCUT2D eigenvalue weighted by atomic mass is 79.9. The first-order valence-electron chi connectivity index (χ1n) is 10.2. The minimum atomic E-state index is -0.927. The van der Waals surface area contributed by atoms with Gasteiger partial charge in [-0.05, 0) is 43.2 Å². The molecule has 5 rings (SSSR count). The Morgan fingerprint density at radius 2 is 1.90 bits per heavy atom. The van der Waals surface area contributed by atoms with Crippen LogP contribution < -0.4 is 10.2 Å². The van der Waals surface area contributed by atoms with E-state index in [4.69, 9.17) is 4.74 Å². The van der Waals surface area contributed by atoms with Gasteiger partial charge in [0.25, 0.3) is 11.8 Å². The molecule has 3 aromatic rings. The van der Waals surface area contributed by atoms with Crippen LogP contribution in [-0.4, -0.2) is 34.9 Å². The number of hydrogen-bond donors (Lipinski definition) is 2. The molecule has 1 aliphatic carbocycles. The summed E-state index contributed by atoms with van der Waals surface area (Å²) in [6.07, 6.45) is 4.48. The number of aromatic nitrogens is 1. The van der Waals surface area contributed by atoms with Crippen LogP contribution in [0.3, 0.4) is 0 Å². The number of esters is 1. The quantitative estimate of drug-likeness (QED) is 0.542. The summed E-state index contributed by atoms with van der Waals surface area (Å²) in [4.78, 5) is 43.6. The SMILES string of the molecule is O=C(OCC(=O)N1c2ccccc2NC(=O)C12CCCC2)c1c[nH]c2ccc(Br)cc12. The molecule has 8 heteroatoms. The summed E-state index contributed by atoms with van der Waals surface area (Å²) < 4.78 is 6.24. The van der Waals surface area contributed by atoms with E-state index in [2.05, 4.69) is 26.2 Å². The fraction of sp³-hybridized carbons (Fsp3) is 0.261. The number of fused-ring (bicyclic) bond motifs is 2. The van der Waals surface area contributed by atoms with E-state index >= 15 is 0 Å². The topological polar surface area (TPSA) is 91.5 Å². The van der Waals surface area contributed by atoms with Crippen LogP contribution in [0.2, 0.25) is 0 Å². The molecular formula is C23H20BrN3O4. The van der Waals surface area contributed by atoms with Crippen molar-refractivity contribution in [2.45, 2.75) is 31.2 Å². The molecule has 1 aromatic heterocycles. The average Bonchev–Trinajstić information content (AvgIpc) is 3.41. The smallest absolute Gasteiger partial charge is 0.340 e. The van der Waals surface area contributed by atoms with E-state index in [-0.39, 0.29) is 5.91 Å². The third-order valence-electron chi connectivity index (χ3n) is 6.11. The van der Waals surface area contributed by atoms with Gasteiger partial charge in [-0.2, -0.15) is 0 Å². The zero-order valence-electron chi connectivity index (χ0n) is 16.6. The first kappa shape index (κ1) is 19.8. The number of rotatable bonds is 3. The molecule has 1 spiro atoms. The number of aromatic amines is 1. The molecule has 1 aliphatic heterocycles. The van der Waals surface area contributed by atoms with Crippen molar-refractivity contribution in [3.63, 3.8) is 0 Å². The lowest BCUT2D eigenvalue weighted by Gasteiger charge is -2.44. The van der Waals surface area contributed by atoms with Crippen LogP contribution >= 0.6 is 15.9 Å². The molecule has 1 saturated carbocycles. The highest BCUT2D eigenvalue weighted by Crippen LogP contribution is 2.45. The van der Waals surface area contributed by atoms with Gasteiger partial charge < -0.3 is 15.0 Å². The fourth-order valence-electron chi connectivity index (χ4n) is 4.66. The molecule has 1 fully saturated rings. The second-order valence-electron chi connectivity index (χ2n) is 7.91. The summed E-state index contributed by atoms with van der Waals surface area (Å²) in [5, 5.41) is 3.65. The Hall–Kier alpha value is -3.13. The van der Waals surface area contributed by atoms with Gasteiger partial charge in [0.1, 0.15) is 5.54 Å². The number of amides is 2. The summed E-state index contributed by atoms with van der Waals surface area (Å²) in [5.41, 5.74) is 1.46. The molecule has 31 heavy (non-hydrogen) atoms. The lowest BCUT2D eigenvalue weighted by molar-refractivity contribution is -0.129. The zero-order valence-corrected chi connectivity index (χ0v) is 18.2. The van der Waals surface area contributed by atoms with Crippen molar-refractivity contribution in [1.29, 1.82) is 0 Å². The average molecular weight is 482 g/mol. The van der Waals surface area contributed by atoms with Gasteiger partial charge >= 0.3 is 5.97 Å². The predicted molar refractivity (Wildman–Crippen MR) is 120 cm³/mol. The Bertz CT molecular complexity index is 1210. The van der Waals surface area contributed by atoms with E-state index in [1.54, 1.807) is 17.2 Å². The van der Waals surface area contributed by atoms with Gasteiger partial charge in [0, 0.05) is 21.6 Å². The van der Waals surface area contributed by atoms with Gasteiger partial charge in [-0.15, -0.1) is 0 Å². The minimum Gasteiger partial charge on any atom is -0.452 e. The van der Waals surface area contributed by atoms with E-state index in [0.29, 0.717) is 35.2 Å². The second-order valence-corrected chi connectivity index (χ2v) is 8.82. The highest BCUT2D eigenvalue weighted by molar-refractivity contribution is 9.10. The predicted octanol–water partition coefficient (Wildman–Crippen LogP) is 4.39. The fourth-order valence-corrected chi connectivity index (χ4v) is 5.02. The Morgan fingerprint density at radius 1 is 1.13 bits per heavy atom. The molecule has 2 amide bonds. The third kappa shape index (κ3) is 3.22. The van der Waals surface area contributed by atoms with Crippen molar-refractivity contribution >= 4 is 56.0 Å². The van der Waals surface area contributed by atoms with Gasteiger partial charge in [-0.25, -0.2) is 4.79 Å². The van der Waals surface area contributed by atoms with Gasteiger partial charge in [0.15, 0.2) is 6.61 Å². The van der Waals surface area contributed by atoms with Gasteiger partial charge in [-0.3, -0.25) is 14.5 Å². The number of carbonyl (C=O) groups is 3. The lowest BCUT2D eigenvalue weighted by atomic mass is 9.90. The van der Waals surface area contributed by atoms with Crippen molar-refractivity contribution in [3.8, 4) is 0 Å². The van der Waals surface area contributed by atoms with E-state index in [9.17, 15) is 14.4 Å². The minimum absolute atomic E-state index is 0.176. The molecule has 0 bridgehead atoms. The van der Waals surface area contributed by atoms with E-state index in [1.165, 1.54) is 0 Å². The van der Waals surface area contributed by atoms with Gasteiger partial charge in [0.05, 0.1) is 16.9 Å². The monoisotopic (exact) mass is 481 g/mol. The van der Waals surface area contributed by atoms with Gasteiger partial charge in [-0.1, -0.05) is 40.9 Å². The standard InChI is InChI=1S/C23H20BrN3O4/c24-14-7-8-17-15(11-14)16(12-25-17)21(29)31-13-20(28)27-19-6-2-1-5-18(19)26-22(30)23(27)9-3-4-10-23/h1-2,5-8,11-12,25H,3-4,9-10,13H2,(H,26,30). The Morgan fingerprint density at radius 3 is 2.71 bits per heavy atom. The zero-order chi connectivity index (χ0) is 21.6. The largest absolute Gasteiger partial charge is 0.452 e. The number of halogens is 1. The molecule has 0 unspecified atom stereocenters. The highest BCUT2D eigenvalue weighted by Gasteiger charge is 2.52. The maximum absolute atomic E-state index is 13.3. The van der Waals surface area contributed by atoms with Crippen LogP contribution in [0, 0.1) is 0 Å². The number of hydrogen-bond acceptors (Lipinski definition) is 4. The Kier molecular flexibility index (Phi) is 4.81. The summed E-state index contributed by atoms with van der Waals surface area (Å²) >= 11 is 3.41. The molecule has 7 nitrogen and oxygen atoms in total. The Balaban J connectivity index is 1.41. The molecule has 2 aliphatic rings. The van der Waals surface area contributed by atoms with E-state index in [1.807, 2.05) is 36.4 Å². The van der Waals surface area contributed by atoms with E-state index < -0.39 is 24.0 Å². The molecule has 2 aromatic carbocycles. The maximum Gasteiger partial charge on any atom is 0.340 e. The molecule has 2 heterocycles. The molecule has 0 radical (unpaired) electrons. The summed E-state index contributed by atoms with van der Waals surface area (Å²) in [6.45, 7) is -0.442. The summed E-state index contributed by atoms with van der Waals surface area (Å²) in [6, 6.07) is 12.8. The number of anilines is 2. The number of H-pyrrole nitrogens is 1. The molecule has 2 N–H and O–H groups in total. The van der Waals surface area contributed by atoms with Crippen molar-refractivity contribution in [3.05, 3.63) is 58.7 Å². The lowest BCUT2D eigenvalue weighted by Crippen LogP contribution is -2.61. The normalized spacial score (nSPS) is 16.9. The maximum atomic E-state index is 13.3. The summed E-state index contributed by atoms with van der Waals surface area (Å²) in [7, 11) is 0. The van der Waals surface area contributed by atoms with E-state index in [0.717, 1.165) is 22.8 Å². The van der Waals surface area contributed by atoms with Crippen LogP contribution in [0.1, 0.15) is 36.0 Å². The van der Waals surface area contributed by atoms with Crippen LogP contribution in [0.4, 0.5) is 11.4 Å². The Labute approximate surface area is 186 Å². The van der Waals surface area contributed by atoms with Crippen molar-refractivity contribution in [1.82, 2.24) is 4.98 Å². The van der Waals surface area contributed by atoms with Crippen LogP contribution in [0.5, 0.6) is 0 Å². The first-order chi connectivity index (χ1) is 15.0. The number of ether oxygens (including phenoxy) is 1. The van der Waals surface area contributed by atoms with Crippen molar-refractivity contribution in [2.75, 3.05) is 16.8 Å². The van der Waals surface area contributed by atoms with Crippen LogP contribution in [-0.2, 0) is 14.3 Å². The number of benzene rings is 2. The number of para-hydroxylation sites is 2. The number of nitrogens with one attached hydrogen (secondary N) is 2. The molecule has 0 atom stereocenters. The van der Waals surface area contributed by atoms with Crippen molar-refractivity contribution < 1.29 is 19.1 Å². The number of carbonyl (C=O) groups excluding carboxylic acids is 3. The van der Waals surface area contributed by atoms with Gasteiger partial charge in [0.2, 0.25) is 0 Å².